The lowest BCUT2D eigenvalue weighted by atomic mass is 9.32. The van der Waals surface area contributed by atoms with E-state index in [9.17, 15) is 10.1 Å². The molecule has 0 aromatic carbocycles. The van der Waals surface area contributed by atoms with Gasteiger partial charge in [-0.3, -0.25) is 4.79 Å². The Kier molecular flexibility index (Phi) is 5.14. The maximum Gasteiger partial charge on any atom is 0.141 e. The maximum absolute atomic E-state index is 13.2. The van der Waals surface area contributed by atoms with Gasteiger partial charge in [0.05, 0.1) is 11.5 Å². The van der Waals surface area contributed by atoms with Gasteiger partial charge in [0, 0.05) is 11.3 Å². The lowest BCUT2D eigenvalue weighted by molar-refractivity contribution is -0.235. The van der Waals surface area contributed by atoms with E-state index < -0.39 is 0 Å². The fraction of sp³-hybridized carbons (Fsp3) is 0.935. The number of nitriles is 1. The van der Waals surface area contributed by atoms with Crippen LogP contribution in [0.3, 0.4) is 0 Å². The first-order valence-corrected chi connectivity index (χ1v) is 14.2. The van der Waals surface area contributed by atoms with Crippen molar-refractivity contribution < 1.29 is 4.79 Å². The van der Waals surface area contributed by atoms with Crippen LogP contribution >= 0.6 is 0 Å². The number of carbonyl (C=O) groups is 1. The van der Waals surface area contributed by atoms with Gasteiger partial charge in [-0.1, -0.05) is 55.4 Å². The quantitative estimate of drug-likeness (QED) is 0.404. The molecular formula is C31H49NO. The Hall–Kier alpha value is -0.840. The molecular weight excluding hydrogens is 402 g/mol. The zero-order valence-electron chi connectivity index (χ0n) is 22.8. The number of rotatable bonds is 1. The van der Waals surface area contributed by atoms with E-state index in [1.54, 1.807) is 0 Å². The van der Waals surface area contributed by atoms with Crippen LogP contribution in [0.4, 0.5) is 0 Å². The van der Waals surface area contributed by atoms with E-state index in [1.807, 2.05) is 0 Å². The van der Waals surface area contributed by atoms with Crippen LogP contribution in [0.5, 0.6) is 0 Å². The molecule has 10 atom stereocenters. The van der Waals surface area contributed by atoms with Crippen LogP contribution in [-0.4, -0.2) is 5.78 Å². The highest BCUT2D eigenvalue weighted by atomic mass is 16.1. The highest BCUT2D eigenvalue weighted by molar-refractivity contribution is 5.87. The van der Waals surface area contributed by atoms with E-state index >= 15 is 0 Å². The molecule has 5 aliphatic carbocycles. The topological polar surface area (TPSA) is 40.9 Å². The van der Waals surface area contributed by atoms with Gasteiger partial charge in [0.2, 0.25) is 0 Å². The minimum Gasteiger partial charge on any atom is -0.299 e. The van der Waals surface area contributed by atoms with Crippen molar-refractivity contribution >= 4 is 5.78 Å². The third kappa shape index (κ3) is 2.75. The third-order valence-electron chi connectivity index (χ3n) is 13.5. The maximum atomic E-state index is 13.2. The summed E-state index contributed by atoms with van der Waals surface area (Å²) in [5, 5.41) is 10.4. The first kappa shape index (κ1) is 23.9. The molecule has 0 N–H and O–H groups in total. The molecule has 0 aromatic heterocycles. The molecule has 2 nitrogen and oxygen atoms in total. The minimum absolute atomic E-state index is 0.0584. The molecule has 0 saturated heterocycles. The van der Waals surface area contributed by atoms with Gasteiger partial charge in [0.1, 0.15) is 5.78 Å². The summed E-state index contributed by atoms with van der Waals surface area (Å²) in [5.74, 6) is 4.59. The second kappa shape index (κ2) is 7.11. The van der Waals surface area contributed by atoms with Crippen LogP contribution in [0, 0.1) is 79.8 Å². The molecule has 5 rings (SSSR count). The van der Waals surface area contributed by atoms with Crippen LogP contribution in [0.15, 0.2) is 0 Å². The Balaban J connectivity index is 1.57. The fourth-order valence-corrected chi connectivity index (χ4v) is 12.0. The van der Waals surface area contributed by atoms with Crippen molar-refractivity contribution in [3.63, 3.8) is 0 Å². The van der Waals surface area contributed by atoms with Gasteiger partial charge < -0.3 is 0 Å². The predicted molar refractivity (Wildman–Crippen MR) is 134 cm³/mol. The zero-order chi connectivity index (χ0) is 24.2. The summed E-state index contributed by atoms with van der Waals surface area (Å²) in [6.45, 7) is 19.5. The summed E-state index contributed by atoms with van der Waals surface area (Å²) in [5.41, 5.74) is 0.651. The van der Waals surface area contributed by atoms with Crippen molar-refractivity contribution in [3.8, 4) is 6.07 Å². The molecule has 0 heterocycles. The summed E-state index contributed by atoms with van der Waals surface area (Å²) >= 11 is 0. The lowest BCUT2D eigenvalue weighted by Gasteiger charge is -2.72. The second-order valence-corrected chi connectivity index (χ2v) is 15.1. The fourth-order valence-electron chi connectivity index (χ4n) is 12.0. The normalized spacial score (nSPS) is 55.2. The van der Waals surface area contributed by atoms with E-state index in [4.69, 9.17) is 0 Å². The molecule has 0 bridgehead atoms. The van der Waals surface area contributed by atoms with Gasteiger partial charge in [-0.05, 0) is 110 Å². The molecule has 0 radical (unpaired) electrons. The number of ketones is 1. The van der Waals surface area contributed by atoms with Crippen molar-refractivity contribution in [1.82, 2.24) is 0 Å². The number of carbonyl (C=O) groups excluding carboxylic acids is 1. The van der Waals surface area contributed by atoms with Gasteiger partial charge in [0.25, 0.3) is 0 Å². The second-order valence-electron chi connectivity index (χ2n) is 15.1. The van der Waals surface area contributed by atoms with Gasteiger partial charge in [-0.15, -0.1) is 0 Å². The molecule has 5 aliphatic rings. The van der Waals surface area contributed by atoms with E-state index in [1.165, 1.54) is 38.5 Å². The van der Waals surface area contributed by atoms with Gasteiger partial charge in [-0.25, -0.2) is 0 Å². The Bertz CT molecular complexity index is 882. The van der Waals surface area contributed by atoms with Crippen LogP contribution in [0.2, 0.25) is 0 Å². The standard InChI is InChI=1S/C31H49NO/c1-19(2)21-11-14-31(18-32)16-15-29(7)22(25(21)31)9-10-24-28(6)17-20(3)26(33)27(4,5)23(28)12-13-30(24,29)8/h19-25H,9-17H2,1-8H3/t20?,21-,22+,23-,24+,25+,28-,29+,30+,31+/m0/s1. The lowest BCUT2D eigenvalue weighted by Crippen LogP contribution is -2.67. The summed E-state index contributed by atoms with van der Waals surface area (Å²) in [4.78, 5) is 13.2. The number of Topliss-reactive ketones (excluding diaryl/α,β-unsaturated/α-hetero) is 1. The Morgan fingerprint density at radius 1 is 0.879 bits per heavy atom. The average molecular weight is 452 g/mol. The Labute approximate surface area is 203 Å². The summed E-state index contributed by atoms with van der Waals surface area (Å²) in [7, 11) is 0. The highest BCUT2D eigenvalue weighted by Crippen LogP contribution is 2.77. The van der Waals surface area contributed by atoms with E-state index in [0.29, 0.717) is 52.1 Å². The summed E-state index contributed by atoms with van der Waals surface area (Å²) < 4.78 is 0. The molecule has 0 spiro atoms. The van der Waals surface area contributed by atoms with Crippen molar-refractivity contribution in [2.75, 3.05) is 0 Å². The van der Waals surface area contributed by atoms with E-state index in [0.717, 1.165) is 19.3 Å². The van der Waals surface area contributed by atoms with Crippen LogP contribution in [-0.2, 0) is 4.79 Å². The molecule has 0 aromatic rings. The predicted octanol–water partition coefficient (Wildman–Crippen LogP) is 8.06. The number of hydrogen-bond acceptors (Lipinski definition) is 2. The van der Waals surface area contributed by atoms with Crippen molar-refractivity contribution in [2.45, 2.75) is 113 Å². The highest BCUT2D eigenvalue weighted by Gasteiger charge is 2.71. The SMILES string of the molecule is CC1C[C@]2(C)[C@H]3CC[C@@H]4[C@H]5[C@H](C(C)C)CC[C@]5(C#N)CC[C@@]4(C)[C@]3(C)CC[C@H]2C(C)(C)C1=O. The van der Waals surface area contributed by atoms with Crippen molar-refractivity contribution in [3.05, 3.63) is 0 Å². The zero-order valence-corrected chi connectivity index (χ0v) is 22.8. The summed E-state index contributed by atoms with van der Waals surface area (Å²) in [6, 6.07) is 2.94. The molecule has 33 heavy (non-hydrogen) atoms. The van der Waals surface area contributed by atoms with Crippen molar-refractivity contribution in [2.24, 2.45) is 68.5 Å². The largest absolute Gasteiger partial charge is 0.299 e. The molecule has 1 unspecified atom stereocenters. The number of nitrogens with zero attached hydrogens (tertiary/aromatic N) is 1. The Morgan fingerprint density at radius 3 is 2.21 bits per heavy atom. The van der Waals surface area contributed by atoms with Crippen molar-refractivity contribution in [1.29, 1.82) is 5.26 Å². The first-order chi connectivity index (χ1) is 15.3. The molecule has 0 amide bonds. The number of hydrogen-bond donors (Lipinski definition) is 0. The van der Waals surface area contributed by atoms with E-state index in [2.05, 4.69) is 61.5 Å². The van der Waals surface area contributed by atoms with Crippen LogP contribution in [0.1, 0.15) is 113 Å². The molecule has 0 aliphatic heterocycles. The van der Waals surface area contributed by atoms with Crippen LogP contribution < -0.4 is 0 Å². The smallest absolute Gasteiger partial charge is 0.141 e. The number of fused-ring (bicyclic) bond motifs is 7. The summed E-state index contributed by atoms with van der Waals surface area (Å²) in [6.07, 6.45) is 10.9. The first-order valence-electron chi connectivity index (χ1n) is 14.2. The monoisotopic (exact) mass is 451 g/mol. The molecule has 184 valence electrons. The van der Waals surface area contributed by atoms with Gasteiger partial charge >= 0.3 is 0 Å². The van der Waals surface area contributed by atoms with Gasteiger partial charge in [0.15, 0.2) is 0 Å². The third-order valence-corrected chi connectivity index (χ3v) is 13.5. The molecule has 2 heteroatoms. The minimum atomic E-state index is -0.192. The van der Waals surface area contributed by atoms with Crippen LogP contribution in [0.25, 0.3) is 0 Å². The Morgan fingerprint density at radius 2 is 1.58 bits per heavy atom. The average Bonchev–Trinajstić information content (AvgIpc) is 3.13. The molecule has 5 saturated carbocycles. The van der Waals surface area contributed by atoms with Gasteiger partial charge in [-0.2, -0.15) is 5.26 Å². The molecule has 5 fully saturated rings. The van der Waals surface area contributed by atoms with E-state index in [-0.39, 0.29) is 22.2 Å².